The van der Waals surface area contributed by atoms with Crippen LogP contribution in [0.2, 0.25) is 0 Å². The Labute approximate surface area is 116 Å². The normalized spacial score (nSPS) is 28.1. The van der Waals surface area contributed by atoms with Crippen molar-refractivity contribution >= 4 is 15.9 Å². The van der Waals surface area contributed by atoms with Gasteiger partial charge in [-0.05, 0) is 50.3 Å². The first kappa shape index (κ1) is 13.8. The number of benzene rings is 1. The van der Waals surface area contributed by atoms with Gasteiger partial charge in [-0.1, -0.05) is 22.0 Å². The molecule has 1 aliphatic carbocycles. The number of ether oxygens (including phenoxy) is 1. The number of halogens is 1. The highest BCUT2D eigenvalue weighted by molar-refractivity contribution is 9.10. The summed E-state index contributed by atoms with van der Waals surface area (Å²) in [6, 6.07) is 7.82. The van der Waals surface area contributed by atoms with Crippen LogP contribution in [0.3, 0.4) is 0 Å². The molecule has 0 amide bonds. The lowest BCUT2D eigenvalue weighted by Gasteiger charge is -2.35. The van der Waals surface area contributed by atoms with Crippen molar-refractivity contribution in [2.45, 2.75) is 43.7 Å². The third kappa shape index (κ3) is 3.97. The average molecular weight is 314 g/mol. The van der Waals surface area contributed by atoms with Crippen molar-refractivity contribution in [3.05, 3.63) is 28.7 Å². The van der Waals surface area contributed by atoms with Crippen LogP contribution in [0.1, 0.15) is 32.1 Å². The van der Waals surface area contributed by atoms with Crippen molar-refractivity contribution in [3.63, 3.8) is 0 Å². The van der Waals surface area contributed by atoms with E-state index in [1.807, 2.05) is 24.3 Å². The molecule has 0 bridgehead atoms. The van der Waals surface area contributed by atoms with E-state index in [2.05, 4.69) is 15.9 Å². The van der Waals surface area contributed by atoms with Gasteiger partial charge < -0.3 is 15.6 Å². The smallest absolute Gasteiger partial charge is 0.120 e. The minimum atomic E-state index is -0.161. The van der Waals surface area contributed by atoms with Crippen LogP contribution in [0, 0.1) is 0 Å². The molecule has 18 heavy (non-hydrogen) atoms. The molecule has 0 heterocycles. The molecule has 1 saturated carbocycles. The SMILES string of the molecule is NC1(CCOc2cccc(Br)c2)CCC(O)CC1. The van der Waals surface area contributed by atoms with Gasteiger partial charge in [0.15, 0.2) is 0 Å². The molecule has 0 radical (unpaired) electrons. The van der Waals surface area contributed by atoms with Crippen LogP contribution in [0.5, 0.6) is 5.75 Å². The van der Waals surface area contributed by atoms with Gasteiger partial charge in [0.1, 0.15) is 5.75 Å². The van der Waals surface area contributed by atoms with Crippen molar-refractivity contribution in [1.29, 1.82) is 0 Å². The zero-order chi connectivity index (χ0) is 13.0. The molecule has 0 atom stereocenters. The first-order valence-electron chi connectivity index (χ1n) is 6.43. The molecule has 0 unspecified atom stereocenters. The van der Waals surface area contributed by atoms with Crippen molar-refractivity contribution in [2.75, 3.05) is 6.61 Å². The van der Waals surface area contributed by atoms with E-state index in [-0.39, 0.29) is 11.6 Å². The molecule has 3 nitrogen and oxygen atoms in total. The fraction of sp³-hybridized carbons (Fsp3) is 0.571. The molecule has 1 aromatic rings. The van der Waals surface area contributed by atoms with Crippen LogP contribution in [0.4, 0.5) is 0 Å². The third-order valence-electron chi connectivity index (χ3n) is 3.62. The van der Waals surface area contributed by atoms with E-state index >= 15 is 0 Å². The van der Waals surface area contributed by atoms with Crippen molar-refractivity contribution < 1.29 is 9.84 Å². The summed E-state index contributed by atoms with van der Waals surface area (Å²) >= 11 is 3.42. The molecule has 2 rings (SSSR count). The highest BCUT2D eigenvalue weighted by Gasteiger charge is 2.30. The Morgan fingerprint density at radius 1 is 1.39 bits per heavy atom. The van der Waals surface area contributed by atoms with Gasteiger partial charge in [-0.15, -0.1) is 0 Å². The maximum Gasteiger partial charge on any atom is 0.120 e. The number of hydrogen-bond donors (Lipinski definition) is 2. The van der Waals surface area contributed by atoms with Gasteiger partial charge in [0.25, 0.3) is 0 Å². The van der Waals surface area contributed by atoms with Crippen molar-refractivity contribution in [1.82, 2.24) is 0 Å². The summed E-state index contributed by atoms with van der Waals surface area (Å²) in [4.78, 5) is 0. The molecule has 0 aromatic heterocycles. The Bertz CT molecular complexity index is 389. The number of aliphatic hydroxyl groups excluding tert-OH is 1. The van der Waals surface area contributed by atoms with Crippen LogP contribution in [-0.4, -0.2) is 23.4 Å². The zero-order valence-electron chi connectivity index (χ0n) is 10.4. The predicted octanol–water partition coefficient (Wildman–Crippen LogP) is 2.85. The van der Waals surface area contributed by atoms with Crippen molar-refractivity contribution in [3.8, 4) is 5.75 Å². The number of aliphatic hydroxyl groups is 1. The van der Waals surface area contributed by atoms with E-state index in [0.717, 1.165) is 42.3 Å². The largest absolute Gasteiger partial charge is 0.493 e. The van der Waals surface area contributed by atoms with Gasteiger partial charge in [-0.3, -0.25) is 0 Å². The Hall–Kier alpha value is -0.580. The van der Waals surface area contributed by atoms with Crippen LogP contribution in [0.15, 0.2) is 28.7 Å². The summed E-state index contributed by atoms with van der Waals surface area (Å²) in [6.07, 6.45) is 4.08. The average Bonchev–Trinajstić information content (AvgIpc) is 2.34. The fourth-order valence-corrected chi connectivity index (χ4v) is 2.73. The molecule has 4 heteroatoms. The van der Waals surface area contributed by atoms with Crippen LogP contribution in [-0.2, 0) is 0 Å². The monoisotopic (exact) mass is 313 g/mol. The van der Waals surface area contributed by atoms with Gasteiger partial charge in [0, 0.05) is 10.0 Å². The second-order valence-corrected chi connectivity index (χ2v) is 6.07. The van der Waals surface area contributed by atoms with Crippen LogP contribution in [0.25, 0.3) is 0 Å². The van der Waals surface area contributed by atoms with E-state index in [1.54, 1.807) is 0 Å². The second-order valence-electron chi connectivity index (χ2n) is 5.15. The summed E-state index contributed by atoms with van der Waals surface area (Å²) in [5.41, 5.74) is 6.15. The number of nitrogens with two attached hydrogens (primary N) is 1. The van der Waals surface area contributed by atoms with E-state index < -0.39 is 0 Å². The highest BCUT2D eigenvalue weighted by atomic mass is 79.9. The molecule has 0 saturated heterocycles. The summed E-state index contributed by atoms with van der Waals surface area (Å²) in [5.74, 6) is 0.865. The lowest BCUT2D eigenvalue weighted by atomic mass is 9.79. The molecule has 1 aromatic carbocycles. The van der Waals surface area contributed by atoms with Crippen LogP contribution >= 0.6 is 15.9 Å². The van der Waals surface area contributed by atoms with Gasteiger partial charge in [0.2, 0.25) is 0 Å². The third-order valence-corrected chi connectivity index (χ3v) is 4.11. The molecule has 0 spiro atoms. The first-order chi connectivity index (χ1) is 8.57. The van der Waals surface area contributed by atoms with E-state index in [1.165, 1.54) is 0 Å². The number of rotatable bonds is 4. The Balaban J connectivity index is 1.78. The lowest BCUT2D eigenvalue weighted by molar-refractivity contribution is 0.0883. The van der Waals surface area contributed by atoms with Gasteiger partial charge in [-0.25, -0.2) is 0 Å². The number of hydrogen-bond acceptors (Lipinski definition) is 3. The van der Waals surface area contributed by atoms with Crippen LogP contribution < -0.4 is 10.5 Å². The predicted molar refractivity (Wildman–Crippen MR) is 75.6 cm³/mol. The molecule has 3 N–H and O–H groups in total. The van der Waals surface area contributed by atoms with E-state index in [4.69, 9.17) is 10.5 Å². The van der Waals surface area contributed by atoms with Crippen molar-refractivity contribution in [2.24, 2.45) is 5.73 Å². The lowest BCUT2D eigenvalue weighted by Crippen LogP contribution is -2.45. The quantitative estimate of drug-likeness (QED) is 0.898. The Morgan fingerprint density at radius 3 is 2.78 bits per heavy atom. The molecular formula is C14H20BrNO2. The first-order valence-corrected chi connectivity index (χ1v) is 7.22. The van der Waals surface area contributed by atoms with Gasteiger partial charge >= 0.3 is 0 Å². The summed E-state index contributed by atoms with van der Waals surface area (Å²) < 4.78 is 6.73. The minimum absolute atomic E-state index is 0.160. The topological polar surface area (TPSA) is 55.5 Å². The highest BCUT2D eigenvalue weighted by Crippen LogP contribution is 2.29. The second kappa shape index (κ2) is 6.04. The molecule has 0 aliphatic heterocycles. The maximum absolute atomic E-state index is 9.48. The maximum atomic E-state index is 9.48. The Kier molecular flexibility index (Phi) is 4.65. The summed E-state index contributed by atoms with van der Waals surface area (Å²) in [5, 5.41) is 9.48. The van der Waals surface area contributed by atoms with E-state index in [9.17, 15) is 5.11 Å². The fourth-order valence-electron chi connectivity index (χ4n) is 2.36. The standard InChI is InChI=1S/C14H20BrNO2/c15-11-2-1-3-13(10-11)18-9-8-14(16)6-4-12(17)5-7-14/h1-3,10,12,17H,4-9,16H2. The zero-order valence-corrected chi connectivity index (χ0v) is 12.0. The Morgan fingerprint density at radius 2 is 2.11 bits per heavy atom. The molecule has 1 aliphatic rings. The van der Waals surface area contributed by atoms with E-state index in [0.29, 0.717) is 6.61 Å². The van der Waals surface area contributed by atoms with Gasteiger partial charge in [-0.2, -0.15) is 0 Å². The molecular weight excluding hydrogens is 294 g/mol. The van der Waals surface area contributed by atoms with Gasteiger partial charge in [0.05, 0.1) is 12.7 Å². The summed E-state index contributed by atoms with van der Waals surface area (Å²) in [7, 11) is 0. The minimum Gasteiger partial charge on any atom is -0.493 e. The summed E-state index contributed by atoms with van der Waals surface area (Å²) in [6.45, 7) is 0.628. The molecule has 1 fully saturated rings. The molecule has 100 valence electrons.